The van der Waals surface area contributed by atoms with E-state index in [0.29, 0.717) is 16.1 Å². The minimum Gasteiger partial charge on any atom is -0.465 e. The SMILES string of the molecule is COC(=O)c1ccc(NC(=O)COC(=O)c2cc(Br)c(Br)s2)cc1. The fourth-order valence-corrected chi connectivity index (χ4v) is 3.58. The number of amides is 1. The van der Waals surface area contributed by atoms with Crippen molar-refractivity contribution in [3.63, 3.8) is 0 Å². The summed E-state index contributed by atoms with van der Waals surface area (Å²) in [6, 6.07) is 7.77. The van der Waals surface area contributed by atoms with Gasteiger partial charge in [-0.15, -0.1) is 11.3 Å². The molecule has 2 aromatic rings. The van der Waals surface area contributed by atoms with Crippen LogP contribution in [0.2, 0.25) is 0 Å². The van der Waals surface area contributed by atoms with E-state index in [1.54, 1.807) is 18.2 Å². The molecule has 0 saturated heterocycles. The van der Waals surface area contributed by atoms with Crippen molar-refractivity contribution in [1.82, 2.24) is 0 Å². The predicted molar refractivity (Wildman–Crippen MR) is 96.4 cm³/mol. The summed E-state index contributed by atoms with van der Waals surface area (Å²) >= 11 is 7.76. The van der Waals surface area contributed by atoms with Gasteiger partial charge in [0.1, 0.15) is 4.88 Å². The van der Waals surface area contributed by atoms with Crippen LogP contribution in [-0.4, -0.2) is 31.6 Å². The summed E-state index contributed by atoms with van der Waals surface area (Å²) < 4.78 is 11.1. The number of methoxy groups -OCH3 is 1. The molecular formula is C15H11Br2NO5S. The van der Waals surface area contributed by atoms with Crippen LogP contribution in [0.5, 0.6) is 0 Å². The Hall–Kier alpha value is -1.71. The zero-order valence-electron chi connectivity index (χ0n) is 12.3. The largest absolute Gasteiger partial charge is 0.465 e. The molecule has 0 radical (unpaired) electrons. The molecule has 0 spiro atoms. The molecule has 0 fully saturated rings. The van der Waals surface area contributed by atoms with Gasteiger partial charge in [-0.2, -0.15) is 0 Å². The Kier molecular flexibility index (Phi) is 6.52. The zero-order valence-corrected chi connectivity index (χ0v) is 16.3. The van der Waals surface area contributed by atoms with Crippen LogP contribution in [0.15, 0.2) is 38.6 Å². The van der Waals surface area contributed by atoms with Gasteiger partial charge in [-0.1, -0.05) is 0 Å². The molecule has 0 aliphatic heterocycles. The van der Waals surface area contributed by atoms with Crippen molar-refractivity contribution in [3.05, 3.63) is 49.0 Å². The lowest BCUT2D eigenvalue weighted by molar-refractivity contribution is -0.119. The first-order valence-electron chi connectivity index (χ1n) is 6.51. The van der Waals surface area contributed by atoms with E-state index in [9.17, 15) is 14.4 Å². The summed E-state index contributed by atoms with van der Waals surface area (Å²) in [6.07, 6.45) is 0. The normalized spacial score (nSPS) is 10.1. The molecule has 0 saturated carbocycles. The van der Waals surface area contributed by atoms with E-state index in [2.05, 4.69) is 41.9 Å². The molecule has 0 unspecified atom stereocenters. The van der Waals surface area contributed by atoms with Crippen molar-refractivity contribution >= 4 is 66.7 Å². The van der Waals surface area contributed by atoms with Crippen LogP contribution >= 0.6 is 43.2 Å². The Morgan fingerprint density at radius 1 is 1.12 bits per heavy atom. The molecule has 0 aliphatic rings. The summed E-state index contributed by atoms with van der Waals surface area (Å²) in [5, 5.41) is 2.57. The molecule has 2 rings (SSSR count). The predicted octanol–water partition coefficient (Wildman–Crippen LogP) is 3.86. The van der Waals surface area contributed by atoms with Gasteiger partial charge < -0.3 is 14.8 Å². The minimum absolute atomic E-state index is 0.371. The van der Waals surface area contributed by atoms with Crippen molar-refractivity contribution in [2.45, 2.75) is 0 Å². The molecule has 1 heterocycles. The Morgan fingerprint density at radius 2 is 1.79 bits per heavy atom. The smallest absolute Gasteiger partial charge is 0.348 e. The summed E-state index contributed by atoms with van der Waals surface area (Å²) in [6.45, 7) is -0.412. The number of benzene rings is 1. The van der Waals surface area contributed by atoms with Crippen molar-refractivity contribution in [2.24, 2.45) is 0 Å². The van der Waals surface area contributed by atoms with E-state index in [1.807, 2.05) is 0 Å². The van der Waals surface area contributed by atoms with Gasteiger partial charge in [-0.25, -0.2) is 9.59 Å². The molecule has 1 aromatic heterocycles. The van der Waals surface area contributed by atoms with Gasteiger partial charge in [0.2, 0.25) is 0 Å². The van der Waals surface area contributed by atoms with Crippen molar-refractivity contribution in [2.75, 3.05) is 19.0 Å². The molecule has 6 nitrogen and oxygen atoms in total. The van der Waals surface area contributed by atoms with E-state index in [0.717, 1.165) is 8.26 Å². The third-order valence-electron chi connectivity index (χ3n) is 2.77. The molecule has 0 bridgehead atoms. The van der Waals surface area contributed by atoms with E-state index >= 15 is 0 Å². The van der Waals surface area contributed by atoms with Gasteiger partial charge in [-0.3, -0.25) is 4.79 Å². The number of nitrogens with one attached hydrogen (secondary N) is 1. The lowest BCUT2D eigenvalue weighted by Gasteiger charge is -2.06. The lowest BCUT2D eigenvalue weighted by atomic mass is 10.2. The highest BCUT2D eigenvalue weighted by Crippen LogP contribution is 2.32. The number of rotatable bonds is 5. The fourth-order valence-electron chi connectivity index (χ4n) is 1.65. The summed E-state index contributed by atoms with van der Waals surface area (Å²) in [5.74, 6) is -1.53. The van der Waals surface area contributed by atoms with Crippen LogP contribution in [0, 0.1) is 0 Å². The summed E-state index contributed by atoms with van der Waals surface area (Å²) in [7, 11) is 1.29. The second-order valence-corrected chi connectivity index (χ2v) is 7.65. The summed E-state index contributed by atoms with van der Waals surface area (Å²) in [5.41, 5.74) is 0.848. The average Bonchev–Trinajstić information content (AvgIpc) is 2.92. The highest BCUT2D eigenvalue weighted by atomic mass is 79.9. The van der Waals surface area contributed by atoms with Crippen molar-refractivity contribution in [1.29, 1.82) is 0 Å². The molecule has 1 aromatic carbocycles. The monoisotopic (exact) mass is 475 g/mol. The summed E-state index contributed by atoms with van der Waals surface area (Å²) in [4.78, 5) is 35.3. The fraction of sp³-hybridized carbons (Fsp3) is 0.133. The van der Waals surface area contributed by atoms with Gasteiger partial charge in [0.15, 0.2) is 6.61 Å². The topological polar surface area (TPSA) is 81.7 Å². The van der Waals surface area contributed by atoms with Gasteiger partial charge in [-0.05, 0) is 62.2 Å². The third kappa shape index (κ3) is 4.89. The number of hydrogen-bond donors (Lipinski definition) is 1. The Labute approximate surface area is 158 Å². The molecule has 126 valence electrons. The van der Waals surface area contributed by atoms with Gasteiger partial charge in [0.25, 0.3) is 5.91 Å². The van der Waals surface area contributed by atoms with Gasteiger partial charge >= 0.3 is 11.9 Å². The quantitative estimate of drug-likeness (QED) is 0.662. The number of thiophene rings is 1. The van der Waals surface area contributed by atoms with Gasteiger partial charge in [0.05, 0.1) is 16.5 Å². The maximum absolute atomic E-state index is 11.8. The molecule has 1 N–H and O–H groups in total. The van der Waals surface area contributed by atoms with E-state index < -0.39 is 24.5 Å². The van der Waals surface area contributed by atoms with Crippen LogP contribution < -0.4 is 5.32 Å². The number of carbonyl (C=O) groups is 3. The molecule has 0 aliphatic carbocycles. The lowest BCUT2D eigenvalue weighted by Crippen LogP contribution is -2.20. The van der Waals surface area contributed by atoms with Crippen LogP contribution in [0.4, 0.5) is 5.69 Å². The van der Waals surface area contributed by atoms with E-state index in [4.69, 9.17) is 4.74 Å². The first-order chi connectivity index (χ1) is 11.4. The number of anilines is 1. The molecule has 9 heteroatoms. The Balaban J connectivity index is 1.87. The first-order valence-corrected chi connectivity index (χ1v) is 8.91. The standard InChI is InChI=1S/C15H11Br2NO5S/c1-22-14(20)8-2-4-9(5-3-8)18-12(19)7-23-15(21)11-6-10(16)13(17)24-11/h2-6H,7H2,1H3,(H,18,19). The third-order valence-corrected chi connectivity index (χ3v) is 6.01. The number of carbonyl (C=O) groups excluding carboxylic acids is 3. The molecule has 0 atom stereocenters. The first kappa shape index (κ1) is 18.6. The van der Waals surface area contributed by atoms with E-state index in [-0.39, 0.29) is 0 Å². The van der Waals surface area contributed by atoms with Crippen LogP contribution in [-0.2, 0) is 14.3 Å². The highest BCUT2D eigenvalue weighted by Gasteiger charge is 2.15. The van der Waals surface area contributed by atoms with Gasteiger partial charge in [0, 0.05) is 10.2 Å². The van der Waals surface area contributed by atoms with Crippen LogP contribution in [0.25, 0.3) is 0 Å². The second-order valence-electron chi connectivity index (χ2n) is 4.43. The molecule has 24 heavy (non-hydrogen) atoms. The number of halogens is 2. The second kappa shape index (κ2) is 8.41. The zero-order chi connectivity index (χ0) is 17.7. The van der Waals surface area contributed by atoms with Crippen LogP contribution in [0.3, 0.4) is 0 Å². The maximum Gasteiger partial charge on any atom is 0.348 e. The average molecular weight is 477 g/mol. The number of hydrogen-bond acceptors (Lipinski definition) is 6. The highest BCUT2D eigenvalue weighted by molar-refractivity contribution is 9.13. The van der Waals surface area contributed by atoms with Crippen molar-refractivity contribution in [3.8, 4) is 0 Å². The molecular weight excluding hydrogens is 466 g/mol. The van der Waals surface area contributed by atoms with Crippen molar-refractivity contribution < 1.29 is 23.9 Å². The number of ether oxygens (including phenoxy) is 2. The Morgan fingerprint density at radius 3 is 2.33 bits per heavy atom. The van der Waals surface area contributed by atoms with E-state index in [1.165, 1.54) is 30.6 Å². The minimum atomic E-state index is -0.581. The Bertz CT molecular complexity index is 753. The van der Waals surface area contributed by atoms with Crippen LogP contribution in [0.1, 0.15) is 20.0 Å². The molecule has 1 amide bonds. The maximum atomic E-state index is 11.8. The number of esters is 2.